The van der Waals surface area contributed by atoms with Crippen LogP contribution in [0.4, 0.5) is 5.82 Å². The van der Waals surface area contributed by atoms with E-state index in [9.17, 15) is 4.79 Å². The Hall–Kier alpha value is -3.09. The second kappa shape index (κ2) is 10.7. The lowest BCUT2D eigenvalue weighted by Crippen LogP contribution is -2.45. The zero-order valence-electron chi connectivity index (χ0n) is 19.8. The van der Waals surface area contributed by atoms with Crippen molar-refractivity contribution in [3.63, 3.8) is 0 Å². The molecule has 1 aromatic heterocycles. The highest BCUT2D eigenvalue weighted by Crippen LogP contribution is 2.29. The van der Waals surface area contributed by atoms with Gasteiger partial charge in [0.15, 0.2) is 11.6 Å². The fourth-order valence-corrected chi connectivity index (χ4v) is 5.22. The first-order valence-corrected chi connectivity index (χ1v) is 12.7. The second-order valence-corrected chi connectivity index (χ2v) is 9.74. The molecule has 2 N–H and O–H groups in total. The number of nitrogen functional groups attached to an aromatic ring is 1. The van der Waals surface area contributed by atoms with Crippen molar-refractivity contribution >= 4 is 23.3 Å². The number of nitrogens with two attached hydrogens (primary N) is 1. The number of carbonyl (C=O) groups is 1. The second-order valence-electron chi connectivity index (χ2n) is 9.33. The van der Waals surface area contributed by atoms with Crippen molar-refractivity contribution in [1.82, 2.24) is 14.8 Å². The van der Waals surface area contributed by atoms with Crippen LogP contribution in [0.2, 0.25) is 5.02 Å². The van der Waals surface area contributed by atoms with Gasteiger partial charge in [0, 0.05) is 47.0 Å². The fourth-order valence-electron chi connectivity index (χ4n) is 5.03. The fraction of sp³-hybridized carbons (Fsp3) is 0.357. The summed E-state index contributed by atoms with van der Waals surface area (Å²) in [6, 6.07) is 17.8. The van der Waals surface area contributed by atoms with Crippen molar-refractivity contribution in [3.8, 4) is 16.9 Å². The van der Waals surface area contributed by atoms with Crippen molar-refractivity contribution < 1.29 is 9.53 Å². The summed E-state index contributed by atoms with van der Waals surface area (Å²) in [5.41, 5.74) is 9.46. The van der Waals surface area contributed by atoms with Crippen molar-refractivity contribution in [3.05, 3.63) is 76.9 Å². The average Bonchev–Trinajstić information content (AvgIpc) is 3.44. The Morgan fingerprint density at radius 2 is 1.71 bits per heavy atom. The Balaban J connectivity index is 1.22. The highest BCUT2D eigenvalue weighted by atomic mass is 35.5. The third kappa shape index (κ3) is 5.44. The normalized spacial score (nSPS) is 17.0. The van der Waals surface area contributed by atoms with Crippen LogP contribution in [0.1, 0.15) is 41.6 Å². The summed E-state index contributed by atoms with van der Waals surface area (Å²) in [5.74, 6) is 0.934. The standard InChI is InChI=1S/C28H31ClN4O2/c29-25-6-2-1-5-22(25)19-35-26-17-23(18-31-27(26)30)20-7-9-21(10-8-20)28(34)33-15-11-24(12-16-33)32-13-3-4-14-32/h1-2,5-10,17-18,24H,3-4,11-16,19H2,(H2,30,31). The molecule has 6 nitrogen and oxygen atoms in total. The van der Waals surface area contributed by atoms with Gasteiger partial charge in [0.1, 0.15) is 6.61 Å². The summed E-state index contributed by atoms with van der Waals surface area (Å²) in [6.07, 6.45) is 6.47. The highest BCUT2D eigenvalue weighted by molar-refractivity contribution is 6.31. The van der Waals surface area contributed by atoms with E-state index in [1.165, 1.54) is 25.9 Å². The van der Waals surface area contributed by atoms with Gasteiger partial charge in [0.2, 0.25) is 0 Å². The molecule has 3 aromatic rings. The van der Waals surface area contributed by atoms with Crippen molar-refractivity contribution in [2.45, 2.75) is 38.3 Å². The minimum absolute atomic E-state index is 0.107. The first kappa shape index (κ1) is 23.6. The molecule has 182 valence electrons. The number of hydrogen-bond donors (Lipinski definition) is 1. The maximum Gasteiger partial charge on any atom is 0.253 e. The molecule has 0 spiro atoms. The van der Waals surface area contributed by atoms with Gasteiger partial charge >= 0.3 is 0 Å². The molecule has 35 heavy (non-hydrogen) atoms. The Labute approximate surface area is 211 Å². The molecular weight excluding hydrogens is 460 g/mol. The van der Waals surface area contributed by atoms with Crippen LogP contribution in [-0.2, 0) is 6.61 Å². The van der Waals surface area contributed by atoms with Crippen LogP contribution in [0.25, 0.3) is 11.1 Å². The molecular formula is C28H31ClN4O2. The van der Waals surface area contributed by atoms with E-state index >= 15 is 0 Å². The van der Waals surface area contributed by atoms with Gasteiger partial charge in [-0.15, -0.1) is 0 Å². The molecule has 0 saturated carbocycles. The van der Waals surface area contributed by atoms with Crippen molar-refractivity contribution in [2.24, 2.45) is 0 Å². The van der Waals surface area contributed by atoms with Crippen LogP contribution in [-0.4, -0.2) is 52.9 Å². The number of hydrogen-bond acceptors (Lipinski definition) is 5. The summed E-state index contributed by atoms with van der Waals surface area (Å²) in [4.78, 5) is 22.0. The molecule has 2 fully saturated rings. The summed E-state index contributed by atoms with van der Waals surface area (Å²) in [7, 11) is 0. The van der Waals surface area contributed by atoms with Gasteiger partial charge in [-0.05, 0) is 68.6 Å². The number of benzene rings is 2. The number of ether oxygens (including phenoxy) is 1. The first-order valence-electron chi connectivity index (χ1n) is 12.3. The molecule has 3 heterocycles. The summed E-state index contributed by atoms with van der Waals surface area (Å²) in [6.45, 7) is 4.39. The van der Waals surface area contributed by atoms with Gasteiger partial charge in [-0.3, -0.25) is 4.79 Å². The van der Waals surface area contributed by atoms with Gasteiger partial charge in [0.25, 0.3) is 5.91 Å². The molecule has 7 heteroatoms. The topological polar surface area (TPSA) is 71.7 Å². The third-order valence-corrected chi connectivity index (χ3v) is 7.47. The van der Waals surface area contributed by atoms with Crippen molar-refractivity contribution in [2.75, 3.05) is 31.9 Å². The van der Waals surface area contributed by atoms with E-state index in [0.717, 1.165) is 42.6 Å². The number of halogens is 1. The van der Waals surface area contributed by atoms with Gasteiger partial charge in [-0.25, -0.2) is 4.98 Å². The van der Waals surface area contributed by atoms with Crippen LogP contribution in [0, 0.1) is 0 Å². The lowest BCUT2D eigenvalue weighted by molar-refractivity contribution is 0.0644. The zero-order valence-corrected chi connectivity index (χ0v) is 20.6. The van der Waals surface area contributed by atoms with Gasteiger partial charge in [0.05, 0.1) is 0 Å². The minimum atomic E-state index is 0.107. The van der Waals surface area contributed by atoms with Crippen LogP contribution < -0.4 is 10.5 Å². The smallest absolute Gasteiger partial charge is 0.253 e. The SMILES string of the molecule is Nc1ncc(-c2ccc(C(=O)N3CCC(N4CCCC4)CC3)cc2)cc1OCc1ccccc1Cl. The first-order chi connectivity index (χ1) is 17.1. The molecule has 2 saturated heterocycles. The Bertz CT molecular complexity index is 1170. The number of rotatable bonds is 6. The minimum Gasteiger partial charge on any atom is -0.485 e. The van der Waals surface area contributed by atoms with E-state index < -0.39 is 0 Å². The number of pyridine rings is 1. The number of carbonyl (C=O) groups excluding carboxylic acids is 1. The van der Waals surface area contributed by atoms with Crippen LogP contribution >= 0.6 is 11.6 Å². The number of nitrogens with zero attached hydrogens (tertiary/aromatic N) is 3. The maximum absolute atomic E-state index is 13.1. The summed E-state index contributed by atoms with van der Waals surface area (Å²) in [5, 5.41) is 0.649. The van der Waals surface area contributed by atoms with Gasteiger partial charge in [-0.1, -0.05) is 41.9 Å². The molecule has 5 rings (SSSR count). The van der Waals surface area contributed by atoms with Gasteiger partial charge in [-0.2, -0.15) is 0 Å². The van der Waals surface area contributed by atoms with Gasteiger partial charge < -0.3 is 20.3 Å². The molecule has 2 aromatic carbocycles. The number of aromatic nitrogens is 1. The highest BCUT2D eigenvalue weighted by Gasteiger charge is 2.28. The van der Waals surface area contributed by atoms with E-state index in [1.54, 1.807) is 6.20 Å². The summed E-state index contributed by atoms with van der Waals surface area (Å²) >= 11 is 6.23. The van der Waals surface area contributed by atoms with Crippen molar-refractivity contribution in [1.29, 1.82) is 0 Å². The molecule has 0 unspecified atom stereocenters. The van der Waals surface area contributed by atoms with Crippen LogP contribution in [0.15, 0.2) is 60.8 Å². The molecule has 0 aliphatic carbocycles. The predicted octanol–water partition coefficient (Wildman–Crippen LogP) is 5.26. The lowest BCUT2D eigenvalue weighted by atomic mass is 10.0. The maximum atomic E-state index is 13.1. The Kier molecular flexibility index (Phi) is 7.21. The number of anilines is 1. The Morgan fingerprint density at radius 1 is 1.00 bits per heavy atom. The van der Waals surface area contributed by atoms with E-state index in [1.807, 2.05) is 59.5 Å². The molecule has 0 atom stereocenters. The quantitative estimate of drug-likeness (QED) is 0.510. The summed E-state index contributed by atoms with van der Waals surface area (Å²) < 4.78 is 5.92. The van der Waals surface area contributed by atoms with E-state index in [2.05, 4.69) is 9.88 Å². The van der Waals surface area contributed by atoms with E-state index in [4.69, 9.17) is 22.1 Å². The third-order valence-electron chi connectivity index (χ3n) is 7.10. The van der Waals surface area contributed by atoms with Crippen LogP contribution in [0.5, 0.6) is 5.75 Å². The van der Waals surface area contributed by atoms with Crippen LogP contribution in [0.3, 0.4) is 0 Å². The lowest BCUT2D eigenvalue weighted by Gasteiger charge is -2.36. The van der Waals surface area contributed by atoms with E-state index in [0.29, 0.717) is 34.8 Å². The van der Waals surface area contributed by atoms with E-state index in [-0.39, 0.29) is 5.91 Å². The zero-order chi connectivity index (χ0) is 24.2. The Morgan fingerprint density at radius 3 is 2.43 bits per heavy atom. The average molecular weight is 491 g/mol. The number of amides is 1. The molecule has 2 aliphatic heterocycles. The molecule has 0 bridgehead atoms. The monoisotopic (exact) mass is 490 g/mol. The largest absolute Gasteiger partial charge is 0.485 e. The molecule has 0 radical (unpaired) electrons. The molecule has 2 aliphatic rings. The number of piperidine rings is 1. The number of likely N-dealkylation sites (tertiary alicyclic amines) is 2. The predicted molar refractivity (Wildman–Crippen MR) is 140 cm³/mol. The molecule has 1 amide bonds.